The molecule has 1 saturated carbocycles. The van der Waals surface area contributed by atoms with E-state index in [1.54, 1.807) is 0 Å². The highest BCUT2D eigenvalue weighted by molar-refractivity contribution is 5.27. The van der Waals surface area contributed by atoms with Gasteiger partial charge >= 0.3 is 0 Å². The Kier molecular flexibility index (Phi) is 3.85. The second-order valence-corrected chi connectivity index (χ2v) is 6.49. The molecule has 2 aliphatic rings. The van der Waals surface area contributed by atoms with Gasteiger partial charge in [-0.2, -0.15) is 0 Å². The van der Waals surface area contributed by atoms with Gasteiger partial charge in [-0.3, -0.25) is 0 Å². The lowest BCUT2D eigenvalue weighted by molar-refractivity contribution is -0.185. The van der Waals surface area contributed by atoms with E-state index < -0.39 is 0 Å². The molecular weight excluding hydrogens is 250 g/mol. The van der Waals surface area contributed by atoms with Gasteiger partial charge in [-0.05, 0) is 32.5 Å². The van der Waals surface area contributed by atoms with Crippen LogP contribution < -0.4 is 0 Å². The van der Waals surface area contributed by atoms with Crippen LogP contribution in [0, 0.1) is 0 Å². The molecule has 1 saturated heterocycles. The van der Waals surface area contributed by atoms with Gasteiger partial charge in [0.1, 0.15) is 0 Å². The molecule has 2 fully saturated rings. The number of nitrogens with zero attached hydrogens (tertiary/aromatic N) is 1. The Morgan fingerprint density at radius 1 is 0.950 bits per heavy atom. The van der Waals surface area contributed by atoms with E-state index in [4.69, 9.17) is 9.47 Å². The van der Waals surface area contributed by atoms with Crippen molar-refractivity contribution in [1.82, 2.24) is 4.90 Å². The van der Waals surface area contributed by atoms with Crippen molar-refractivity contribution in [1.29, 1.82) is 0 Å². The highest BCUT2D eigenvalue weighted by Crippen LogP contribution is 2.46. The first-order valence-corrected chi connectivity index (χ1v) is 7.62. The van der Waals surface area contributed by atoms with Crippen molar-refractivity contribution in [2.45, 2.75) is 36.9 Å². The topological polar surface area (TPSA) is 21.7 Å². The highest BCUT2D eigenvalue weighted by atomic mass is 16.7. The van der Waals surface area contributed by atoms with Crippen molar-refractivity contribution in [3.8, 4) is 0 Å². The van der Waals surface area contributed by atoms with Gasteiger partial charge in [0, 0.05) is 24.8 Å². The third-order valence-corrected chi connectivity index (χ3v) is 4.79. The number of benzene rings is 1. The minimum atomic E-state index is -0.273. The van der Waals surface area contributed by atoms with Crippen molar-refractivity contribution in [3.05, 3.63) is 35.9 Å². The lowest BCUT2D eigenvalue weighted by Gasteiger charge is -2.45. The third kappa shape index (κ3) is 2.62. The van der Waals surface area contributed by atoms with Crippen molar-refractivity contribution < 1.29 is 9.47 Å². The van der Waals surface area contributed by atoms with Gasteiger partial charge in [0.2, 0.25) is 0 Å². The summed E-state index contributed by atoms with van der Waals surface area (Å²) in [6, 6.07) is 11.0. The van der Waals surface area contributed by atoms with Crippen LogP contribution in [0.3, 0.4) is 0 Å². The van der Waals surface area contributed by atoms with Crippen LogP contribution in [0.1, 0.15) is 31.2 Å². The van der Waals surface area contributed by atoms with E-state index in [0.29, 0.717) is 0 Å². The van der Waals surface area contributed by atoms with Crippen molar-refractivity contribution in [2.24, 2.45) is 0 Å². The molecule has 1 aromatic carbocycles. The van der Waals surface area contributed by atoms with Gasteiger partial charge in [0.15, 0.2) is 5.79 Å². The second-order valence-electron chi connectivity index (χ2n) is 6.49. The largest absolute Gasteiger partial charge is 0.348 e. The summed E-state index contributed by atoms with van der Waals surface area (Å²) in [6.45, 7) is 2.60. The van der Waals surface area contributed by atoms with Gasteiger partial charge in [-0.25, -0.2) is 0 Å². The molecule has 1 aliphatic carbocycles. The molecular formula is C17H25NO2. The van der Waals surface area contributed by atoms with Crippen LogP contribution in [-0.2, 0) is 14.9 Å². The molecule has 3 rings (SSSR count). The lowest BCUT2D eigenvalue weighted by atomic mass is 9.67. The molecule has 20 heavy (non-hydrogen) atoms. The molecule has 1 heterocycles. The Hall–Kier alpha value is -0.900. The predicted octanol–water partition coefficient (Wildman–Crippen LogP) is 2.80. The Morgan fingerprint density at radius 3 is 2.10 bits per heavy atom. The summed E-state index contributed by atoms with van der Waals surface area (Å²) in [4.78, 5) is 2.31. The van der Waals surface area contributed by atoms with Crippen LogP contribution in [0.15, 0.2) is 30.3 Å². The number of ether oxygens (including phenoxy) is 2. The first-order chi connectivity index (χ1) is 9.64. The van der Waals surface area contributed by atoms with Crippen molar-refractivity contribution in [2.75, 3.05) is 33.9 Å². The van der Waals surface area contributed by atoms with E-state index in [1.165, 1.54) is 5.56 Å². The molecule has 3 heteroatoms. The molecule has 0 atom stereocenters. The van der Waals surface area contributed by atoms with Crippen molar-refractivity contribution in [3.63, 3.8) is 0 Å². The third-order valence-electron chi connectivity index (χ3n) is 4.79. The van der Waals surface area contributed by atoms with Gasteiger partial charge < -0.3 is 14.4 Å². The number of rotatable bonds is 3. The van der Waals surface area contributed by atoms with Gasteiger partial charge in [0.25, 0.3) is 0 Å². The molecule has 0 amide bonds. The summed E-state index contributed by atoms with van der Waals surface area (Å²) in [5, 5.41) is 0. The van der Waals surface area contributed by atoms with Gasteiger partial charge in [0.05, 0.1) is 13.2 Å². The maximum Gasteiger partial charge on any atom is 0.168 e. The Labute approximate surface area is 121 Å². The fraction of sp³-hybridized carbons (Fsp3) is 0.647. The molecule has 0 radical (unpaired) electrons. The summed E-state index contributed by atoms with van der Waals surface area (Å²) < 4.78 is 11.8. The van der Waals surface area contributed by atoms with Gasteiger partial charge in [-0.15, -0.1) is 0 Å². The Balaban J connectivity index is 1.82. The van der Waals surface area contributed by atoms with E-state index >= 15 is 0 Å². The zero-order valence-electron chi connectivity index (χ0n) is 12.6. The standard InChI is InChI=1S/C17H25NO2/c1-18(2)14-16(15-6-4-3-5-7-15)8-10-17(11-9-16)19-12-13-20-17/h3-7H,8-14H2,1-2H3. The van der Waals surface area contributed by atoms with Gasteiger partial charge in [-0.1, -0.05) is 30.3 Å². The summed E-state index contributed by atoms with van der Waals surface area (Å²) in [7, 11) is 4.33. The summed E-state index contributed by atoms with van der Waals surface area (Å²) in [6.07, 6.45) is 4.29. The fourth-order valence-corrected chi connectivity index (χ4v) is 3.83. The molecule has 0 bridgehead atoms. The molecule has 0 aromatic heterocycles. The van der Waals surface area contributed by atoms with E-state index in [0.717, 1.165) is 45.4 Å². The highest BCUT2D eigenvalue weighted by Gasteiger charge is 2.46. The van der Waals surface area contributed by atoms with Crippen LogP contribution in [0.25, 0.3) is 0 Å². The first kappa shape index (κ1) is 14.1. The van der Waals surface area contributed by atoms with Crippen LogP contribution >= 0.6 is 0 Å². The van der Waals surface area contributed by atoms with E-state index in [1.807, 2.05) is 0 Å². The first-order valence-electron chi connectivity index (χ1n) is 7.62. The number of hydrogen-bond acceptors (Lipinski definition) is 3. The van der Waals surface area contributed by atoms with Crippen LogP contribution in [0.2, 0.25) is 0 Å². The zero-order chi connectivity index (χ0) is 14.1. The van der Waals surface area contributed by atoms with Crippen LogP contribution in [0.5, 0.6) is 0 Å². The maximum absolute atomic E-state index is 5.88. The van der Waals surface area contributed by atoms with E-state index in [2.05, 4.69) is 49.3 Å². The molecule has 3 nitrogen and oxygen atoms in total. The normalized spacial score (nSPS) is 24.4. The Morgan fingerprint density at radius 2 is 1.55 bits per heavy atom. The average molecular weight is 275 g/mol. The minimum absolute atomic E-state index is 0.241. The molecule has 0 N–H and O–H groups in total. The molecule has 110 valence electrons. The lowest BCUT2D eigenvalue weighted by Crippen LogP contribution is -2.46. The molecule has 0 unspecified atom stereocenters. The smallest absolute Gasteiger partial charge is 0.168 e. The van der Waals surface area contributed by atoms with Crippen LogP contribution in [0.4, 0.5) is 0 Å². The SMILES string of the molecule is CN(C)CC1(c2ccccc2)CCC2(CC1)OCCO2. The average Bonchev–Trinajstić information content (AvgIpc) is 2.91. The van der Waals surface area contributed by atoms with E-state index in [9.17, 15) is 0 Å². The number of hydrogen-bond donors (Lipinski definition) is 0. The zero-order valence-corrected chi connectivity index (χ0v) is 12.6. The molecule has 1 aromatic rings. The van der Waals surface area contributed by atoms with Crippen molar-refractivity contribution >= 4 is 0 Å². The summed E-state index contributed by atoms with van der Waals surface area (Å²) in [5.41, 5.74) is 1.70. The molecule has 1 aliphatic heterocycles. The monoisotopic (exact) mass is 275 g/mol. The minimum Gasteiger partial charge on any atom is -0.348 e. The maximum atomic E-state index is 5.88. The number of likely N-dealkylation sites (N-methyl/N-ethyl adjacent to an activating group) is 1. The second kappa shape index (κ2) is 5.47. The summed E-state index contributed by atoms with van der Waals surface area (Å²) >= 11 is 0. The van der Waals surface area contributed by atoms with E-state index in [-0.39, 0.29) is 11.2 Å². The van der Waals surface area contributed by atoms with Crippen LogP contribution in [-0.4, -0.2) is 44.5 Å². The fourth-order valence-electron chi connectivity index (χ4n) is 3.83. The quantitative estimate of drug-likeness (QED) is 0.846. The predicted molar refractivity (Wildman–Crippen MR) is 79.8 cm³/mol. The summed E-state index contributed by atoms with van der Waals surface area (Å²) in [5.74, 6) is -0.273. The Bertz CT molecular complexity index is 428. The molecule has 1 spiro atoms.